The van der Waals surface area contributed by atoms with Gasteiger partial charge in [-0.1, -0.05) is 24.3 Å². The van der Waals surface area contributed by atoms with Gasteiger partial charge in [0.2, 0.25) is 0 Å². The normalized spacial score (nSPS) is 11.1. The topological polar surface area (TPSA) is 23.8 Å². The number of hydrogen-bond acceptors (Lipinski definition) is 1. The molecule has 0 unspecified atom stereocenters. The van der Waals surface area contributed by atoms with Crippen LogP contribution in [0.2, 0.25) is 0 Å². The van der Waals surface area contributed by atoms with E-state index in [0.29, 0.717) is 0 Å². The van der Waals surface area contributed by atoms with Crippen LogP contribution < -0.4 is 0 Å². The van der Waals surface area contributed by atoms with Crippen LogP contribution in [0, 0.1) is 21.8 Å². The van der Waals surface area contributed by atoms with Crippen molar-refractivity contribution in [3.05, 3.63) is 69.3 Å². The summed E-state index contributed by atoms with van der Waals surface area (Å²) in [5, 5.41) is 16.6. The lowest BCUT2D eigenvalue weighted by Crippen LogP contribution is -1.89. The molecule has 0 amide bonds. The van der Waals surface area contributed by atoms with E-state index in [1.54, 1.807) is 0 Å². The summed E-state index contributed by atoms with van der Waals surface area (Å²) in [5.74, 6) is 0. The Hall–Kier alpha value is -2.12. The first-order valence-electron chi connectivity index (χ1n) is 7.13. The molecule has 4 rings (SSSR count). The predicted octanol–water partition coefficient (Wildman–Crippen LogP) is 5.93. The van der Waals surface area contributed by atoms with Gasteiger partial charge in [0.1, 0.15) is 6.07 Å². The van der Waals surface area contributed by atoms with Gasteiger partial charge in [-0.15, -0.1) is 0 Å². The van der Waals surface area contributed by atoms with Crippen molar-refractivity contribution in [1.29, 1.82) is 5.26 Å². The van der Waals surface area contributed by atoms with Crippen molar-refractivity contribution in [2.75, 3.05) is 0 Å². The average Bonchev–Trinajstić information content (AvgIpc) is 2.52. The Kier molecular flexibility index (Phi) is 3.05. The molecule has 2 heteroatoms. The van der Waals surface area contributed by atoms with Crippen LogP contribution in [-0.4, -0.2) is 0 Å². The van der Waals surface area contributed by atoms with E-state index >= 15 is 0 Å². The molecule has 0 radical (unpaired) electrons. The number of rotatable bonds is 0. The van der Waals surface area contributed by atoms with Gasteiger partial charge in [-0.25, -0.2) is 0 Å². The standard InChI is InChI=1S/C20H12IN/c1-12-6-20(21)19(11-22)18-10-16-8-14-5-3-2-4-13(14)7-15(16)9-17(12)18/h2-10H,1H3. The minimum atomic E-state index is 0.774. The Morgan fingerprint density at radius 3 is 2.00 bits per heavy atom. The molecule has 0 bridgehead atoms. The molecule has 0 saturated carbocycles. The molecule has 0 aromatic heterocycles. The minimum Gasteiger partial charge on any atom is -0.192 e. The molecule has 0 aliphatic heterocycles. The molecule has 4 aromatic rings. The lowest BCUT2D eigenvalue weighted by molar-refractivity contribution is 1.45. The summed E-state index contributed by atoms with van der Waals surface area (Å²) in [6.45, 7) is 2.11. The van der Waals surface area contributed by atoms with E-state index in [9.17, 15) is 5.26 Å². The average molecular weight is 393 g/mol. The number of nitrogens with zero attached hydrogens (tertiary/aromatic N) is 1. The highest BCUT2D eigenvalue weighted by molar-refractivity contribution is 14.1. The molecule has 0 fully saturated rings. The van der Waals surface area contributed by atoms with Crippen LogP contribution in [0.15, 0.2) is 54.6 Å². The van der Waals surface area contributed by atoms with Crippen LogP contribution in [0.3, 0.4) is 0 Å². The third-order valence-electron chi connectivity index (χ3n) is 4.23. The number of nitriles is 1. The Morgan fingerprint density at radius 2 is 1.41 bits per heavy atom. The predicted molar refractivity (Wildman–Crippen MR) is 101 cm³/mol. The molecule has 0 heterocycles. The molecular weight excluding hydrogens is 381 g/mol. The Labute approximate surface area is 142 Å². The van der Waals surface area contributed by atoms with Gasteiger partial charge in [0.15, 0.2) is 0 Å². The third kappa shape index (κ3) is 1.97. The SMILES string of the molecule is Cc1cc(I)c(C#N)c2cc3cc4ccccc4cc3cc12. The van der Waals surface area contributed by atoms with Gasteiger partial charge in [0, 0.05) is 8.96 Å². The summed E-state index contributed by atoms with van der Waals surface area (Å²) < 4.78 is 1.02. The maximum absolute atomic E-state index is 9.50. The first kappa shape index (κ1) is 13.5. The van der Waals surface area contributed by atoms with Crippen molar-refractivity contribution >= 4 is 54.9 Å². The molecule has 1 nitrogen and oxygen atoms in total. The number of benzene rings is 4. The fourth-order valence-corrected chi connectivity index (χ4v) is 3.99. The summed E-state index contributed by atoms with van der Waals surface area (Å²) in [6.07, 6.45) is 0. The summed E-state index contributed by atoms with van der Waals surface area (Å²) in [5.41, 5.74) is 1.99. The van der Waals surface area contributed by atoms with Gasteiger partial charge < -0.3 is 0 Å². The van der Waals surface area contributed by atoms with Gasteiger partial charge in [-0.05, 0) is 92.3 Å². The summed E-state index contributed by atoms with van der Waals surface area (Å²) in [6, 6.07) is 21.7. The van der Waals surface area contributed by atoms with Crippen molar-refractivity contribution in [1.82, 2.24) is 0 Å². The zero-order chi connectivity index (χ0) is 15.3. The van der Waals surface area contributed by atoms with Crippen LogP contribution in [0.5, 0.6) is 0 Å². The van der Waals surface area contributed by atoms with E-state index in [0.717, 1.165) is 14.5 Å². The second-order valence-corrected chi connectivity index (χ2v) is 6.77. The molecule has 22 heavy (non-hydrogen) atoms. The van der Waals surface area contributed by atoms with Crippen LogP contribution in [0.4, 0.5) is 0 Å². The fraction of sp³-hybridized carbons (Fsp3) is 0.0500. The molecule has 104 valence electrons. The van der Waals surface area contributed by atoms with Crippen LogP contribution in [0.25, 0.3) is 32.3 Å². The van der Waals surface area contributed by atoms with Crippen molar-refractivity contribution in [2.45, 2.75) is 6.92 Å². The molecule has 4 aromatic carbocycles. The van der Waals surface area contributed by atoms with Gasteiger partial charge >= 0.3 is 0 Å². The van der Waals surface area contributed by atoms with E-state index in [2.05, 4.69) is 90.2 Å². The monoisotopic (exact) mass is 393 g/mol. The Balaban J connectivity index is 2.22. The quantitative estimate of drug-likeness (QED) is 0.268. The highest BCUT2D eigenvalue weighted by Gasteiger charge is 2.10. The fourth-order valence-electron chi connectivity index (χ4n) is 3.11. The lowest BCUT2D eigenvalue weighted by atomic mass is 9.95. The number of hydrogen-bond donors (Lipinski definition) is 0. The molecule has 0 atom stereocenters. The number of fused-ring (bicyclic) bond motifs is 3. The summed E-state index contributed by atoms with van der Waals surface area (Å²) in [7, 11) is 0. The molecule has 0 aliphatic carbocycles. The third-order valence-corrected chi connectivity index (χ3v) is 5.08. The van der Waals surface area contributed by atoms with Crippen LogP contribution in [-0.2, 0) is 0 Å². The molecular formula is C20H12IN. The van der Waals surface area contributed by atoms with E-state index in [4.69, 9.17) is 0 Å². The second-order valence-electron chi connectivity index (χ2n) is 5.61. The molecule has 0 saturated heterocycles. The van der Waals surface area contributed by atoms with Gasteiger partial charge in [0.05, 0.1) is 5.56 Å². The van der Waals surface area contributed by atoms with E-state index in [1.807, 2.05) is 0 Å². The summed E-state index contributed by atoms with van der Waals surface area (Å²) in [4.78, 5) is 0. The number of halogens is 1. The zero-order valence-corrected chi connectivity index (χ0v) is 14.2. The minimum absolute atomic E-state index is 0.774. The zero-order valence-electron chi connectivity index (χ0n) is 12.0. The first-order chi connectivity index (χ1) is 10.7. The van der Waals surface area contributed by atoms with Crippen molar-refractivity contribution in [3.63, 3.8) is 0 Å². The largest absolute Gasteiger partial charge is 0.192 e. The van der Waals surface area contributed by atoms with Crippen LogP contribution >= 0.6 is 22.6 Å². The highest BCUT2D eigenvalue weighted by atomic mass is 127. The highest BCUT2D eigenvalue weighted by Crippen LogP contribution is 2.32. The van der Waals surface area contributed by atoms with E-state index < -0.39 is 0 Å². The first-order valence-corrected chi connectivity index (χ1v) is 8.21. The van der Waals surface area contributed by atoms with Crippen molar-refractivity contribution in [2.24, 2.45) is 0 Å². The number of aryl methyl sites for hydroxylation is 1. The second kappa shape index (κ2) is 4.96. The van der Waals surface area contributed by atoms with Gasteiger partial charge in [-0.3, -0.25) is 0 Å². The maximum Gasteiger partial charge on any atom is 0.101 e. The molecule has 0 aliphatic rings. The van der Waals surface area contributed by atoms with E-state index in [-0.39, 0.29) is 0 Å². The van der Waals surface area contributed by atoms with E-state index in [1.165, 1.54) is 32.5 Å². The van der Waals surface area contributed by atoms with Crippen LogP contribution in [0.1, 0.15) is 11.1 Å². The maximum atomic E-state index is 9.50. The van der Waals surface area contributed by atoms with Gasteiger partial charge in [0.25, 0.3) is 0 Å². The smallest absolute Gasteiger partial charge is 0.101 e. The summed E-state index contributed by atoms with van der Waals surface area (Å²) >= 11 is 2.25. The molecule has 0 spiro atoms. The van der Waals surface area contributed by atoms with Crippen molar-refractivity contribution in [3.8, 4) is 6.07 Å². The lowest BCUT2D eigenvalue weighted by Gasteiger charge is -2.10. The Morgan fingerprint density at radius 1 is 0.818 bits per heavy atom. The van der Waals surface area contributed by atoms with Crippen molar-refractivity contribution < 1.29 is 0 Å². The Bertz CT molecular complexity index is 1100. The molecule has 0 N–H and O–H groups in total. The van der Waals surface area contributed by atoms with Gasteiger partial charge in [-0.2, -0.15) is 5.26 Å².